The fourth-order valence-corrected chi connectivity index (χ4v) is 10.9. The molecule has 2 nitrogen and oxygen atoms in total. The predicted octanol–water partition coefficient (Wildman–Crippen LogP) is 14.9. The van der Waals surface area contributed by atoms with Gasteiger partial charge in [0.15, 0.2) is 0 Å². The van der Waals surface area contributed by atoms with E-state index in [0.717, 1.165) is 17.1 Å². The highest BCUT2D eigenvalue weighted by Gasteiger charge is 2.50. The summed E-state index contributed by atoms with van der Waals surface area (Å²) in [6.07, 6.45) is 0. The van der Waals surface area contributed by atoms with Crippen LogP contribution in [0.2, 0.25) is 0 Å². The molecular formula is C57H36N2. The molecular weight excluding hydrogens is 713 g/mol. The second-order valence-electron chi connectivity index (χ2n) is 15.9. The van der Waals surface area contributed by atoms with Crippen molar-refractivity contribution in [3.63, 3.8) is 0 Å². The van der Waals surface area contributed by atoms with Gasteiger partial charge in [-0.25, -0.2) is 0 Å². The van der Waals surface area contributed by atoms with E-state index in [0.29, 0.717) is 0 Å². The number of hydrogen-bond donors (Lipinski definition) is 0. The van der Waals surface area contributed by atoms with Gasteiger partial charge in [0.2, 0.25) is 0 Å². The van der Waals surface area contributed by atoms with E-state index in [4.69, 9.17) is 0 Å². The van der Waals surface area contributed by atoms with Crippen LogP contribution in [-0.4, -0.2) is 4.57 Å². The van der Waals surface area contributed by atoms with Gasteiger partial charge in [-0.15, -0.1) is 0 Å². The maximum atomic E-state index is 2.57. The molecule has 0 unspecified atom stereocenters. The maximum absolute atomic E-state index is 2.57. The monoisotopic (exact) mass is 748 g/mol. The van der Waals surface area contributed by atoms with E-state index in [1.807, 2.05) is 0 Å². The van der Waals surface area contributed by atoms with Crippen LogP contribution in [0.15, 0.2) is 218 Å². The first-order chi connectivity index (χ1) is 29.3. The number of rotatable bonds is 5. The van der Waals surface area contributed by atoms with Gasteiger partial charge in [-0.05, 0) is 97.7 Å². The molecule has 0 radical (unpaired) electrons. The smallest absolute Gasteiger partial charge is 0.0726 e. The van der Waals surface area contributed by atoms with Crippen LogP contribution in [0.25, 0.3) is 71.3 Å². The van der Waals surface area contributed by atoms with Gasteiger partial charge in [0.05, 0.1) is 27.8 Å². The molecule has 11 aromatic rings. The lowest BCUT2D eigenvalue weighted by Gasteiger charge is -2.38. The molecule has 1 aromatic heterocycles. The number of para-hydroxylation sites is 2. The first kappa shape index (κ1) is 32.4. The molecule has 0 fully saturated rings. The first-order valence-electron chi connectivity index (χ1n) is 20.5. The molecule has 274 valence electrons. The van der Waals surface area contributed by atoms with Crippen molar-refractivity contribution < 1.29 is 0 Å². The van der Waals surface area contributed by atoms with Crippen molar-refractivity contribution in [3.8, 4) is 27.9 Å². The number of aromatic nitrogens is 1. The predicted molar refractivity (Wildman–Crippen MR) is 247 cm³/mol. The normalized spacial score (nSPS) is 13.2. The number of hydrogen-bond acceptors (Lipinski definition) is 1. The van der Waals surface area contributed by atoms with Gasteiger partial charge < -0.3 is 9.47 Å². The third kappa shape index (κ3) is 4.25. The van der Waals surface area contributed by atoms with Crippen molar-refractivity contribution in [2.24, 2.45) is 0 Å². The van der Waals surface area contributed by atoms with Crippen molar-refractivity contribution in [1.29, 1.82) is 0 Å². The van der Waals surface area contributed by atoms with Crippen molar-refractivity contribution in [1.82, 2.24) is 4.57 Å². The fraction of sp³-hybridized carbons (Fsp3) is 0.0175. The zero-order chi connectivity index (χ0) is 38.7. The van der Waals surface area contributed by atoms with Gasteiger partial charge in [0, 0.05) is 32.9 Å². The standard InChI is InChI=1S/C57H36N2/c1-4-18-37(19-5-1)40-34-35-50(44-27-11-10-24-41(40)44)59-51-33-17-32-49-55(51)56-53(59)36-52(58(38-20-6-2-7-21-38)39-22-8-3-9-23-39)45-28-16-31-48(54(45)56)57(49)46-29-14-12-25-42(46)43-26-13-15-30-47(43)57/h1-36H. The summed E-state index contributed by atoms with van der Waals surface area (Å²) < 4.78 is 2.57. The number of fused-ring (bicyclic) bond motifs is 8. The molecule has 13 rings (SSSR count). The maximum Gasteiger partial charge on any atom is 0.0726 e. The minimum atomic E-state index is -0.513. The summed E-state index contributed by atoms with van der Waals surface area (Å²) in [5.41, 5.74) is 16.9. The van der Waals surface area contributed by atoms with Crippen LogP contribution < -0.4 is 4.90 Å². The Morgan fingerprint density at radius 3 is 1.54 bits per heavy atom. The zero-order valence-corrected chi connectivity index (χ0v) is 32.2. The second kappa shape index (κ2) is 12.2. The average molecular weight is 749 g/mol. The Balaban J connectivity index is 1.25. The topological polar surface area (TPSA) is 8.17 Å². The average Bonchev–Trinajstić information content (AvgIpc) is 3.80. The number of benzene rings is 10. The van der Waals surface area contributed by atoms with Crippen LogP contribution in [0.4, 0.5) is 17.1 Å². The van der Waals surface area contributed by atoms with Crippen molar-refractivity contribution >= 4 is 60.4 Å². The summed E-state index contributed by atoms with van der Waals surface area (Å²) in [4.78, 5) is 2.45. The molecule has 0 saturated heterocycles. The second-order valence-corrected chi connectivity index (χ2v) is 15.9. The SMILES string of the molecule is c1ccc(-c2ccc(-n3c4cccc5c4c4c6c(cccc6c(N(c6ccccc6)c6ccccc6)cc43)C53c4ccccc4-c4ccccc43)c3ccccc23)cc1. The Bertz CT molecular complexity index is 3400. The third-order valence-corrected chi connectivity index (χ3v) is 13.2. The quantitative estimate of drug-likeness (QED) is 0.170. The van der Waals surface area contributed by atoms with Gasteiger partial charge in [0.25, 0.3) is 0 Å². The van der Waals surface area contributed by atoms with E-state index in [1.165, 1.54) is 93.5 Å². The lowest BCUT2D eigenvalue weighted by molar-refractivity contribution is 0.783. The first-order valence-corrected chi connectivity index (χ1v) is 20.5. The van der Waals surface area contributed by atoms with Crippen LogP contribution in [0, 0.1) is 0 Å². The van der Waals surface area contributed by atoms with E-state index in [9.17, 15) is 0 Å². The summed E-state index contributed by atoms with van der Waals surface area (Å²) in [6, 6.07) is 81.0. The molecule has 59 heavy (non-hydrogen) atoms. The van der Waals surface area contributed by atoms with Gasteiger partial charge in [0.1, 0.15) is 0 Å². The Morgan fingerprint density at radius 2 is 0.864 bits per heavy atom. The summed E-state index contributed by atoms with van der Waals surface area (Å²) in [5.74, 6) is 0. The van der Waals surface area contributed by atoms with E-state index >= 15 is 0 Å². The summed E-state index contributed by atoms with van der Waals surface area (Å²) in [5, 5.41) is 7.66. The molecule has 0 atom stereocenters. The molecule has 0 saturated carbocycles. The lowest BCUT2D eigenvalue weighted by Crippen LogP contribution is -2.30. The highest BCUT2D eigenvalue weighted by Crippen LogP contribution is 2.63. The summed E-state index contributed by atoms with van der Waals surface area (Å²) in [7, 11) is 0. The molecule has 2 aliphatic carbocycles. The minimum absolute atomic E-state index is 0.513. The molecule has 1 spiro atoms. The molecule has 1 heterocycles. The molecule has 0 N–H and O–H groups in total. The lowest BCUT2D eigenvalue weighted by atomic mass is 9.63. The summed E-state index contributed by atoms with van der Waals surface area (Å²) >= 11 is 0. The Morgan fingerprint density at radius 1 is 0.339 bits per heavy atom. The molecule has 0 aliphatic heterocycles. The number of nitrogens with zero attached hydrogens (tertiary/aromatic N) is 2. The van der Waals surface area contributed by atoms with E-state index in [-0.39, 0.29) is 0 Å². The molecule has 0 bridgehead atoms. The van der Waals surface area contributed by atoms with Crippen molar-refractivity contribution in [3.05, 3.63) is 241 Å². The number of anilines is 3. The largest absolute Gasteiger partial charge is 0.310 e. The molecule has 2 heteroatoms. The molecule has 10 aromatic carbocycles. The third-order valence-electron chi connectivity index (χ3n) is 13.2. The van der Waals surface area contributed by atoms with Crippen molar-refractivity contribution in [2.45, 2.75) is 5.41 Å². The molecule has 0 amide bonds. The fourth-order valence-electron chi connectivity index (χ4n) is 10.9. The Labute approximate surface area is 342 Å². The van der Waals surface area contributed by atoms with Gasteiger partial charge >= 0.3 is 0 Å². The molecule has 2 aliphatic rings. The van der Waals surface area contributed by atoms with E-state index in [2.05, 4.69) is 228 Å². The van der Waals surface area contributed by atoms with Crippen LogP contribution in [0.3, 0.4) is 0 Å². The van der Waals surface area contributed by atoms with Crippen LogP contribution >= 0.6 is 0 Å². The van der Waals surface area contributed by atoms with Crippen LogP contribution in [0.1, 0.15) is 22.3 Å². The Kier molecular flexibility index (Phi) is 6.68. The van der Waals surface area contributed by atoms with Crippen LogP contribution in [0.5, 0.6) is 0 Å². The van der Waals surface area contributed by atoms with Gasteiger partial charge in [-0.1, -0.05) is 176 Å². The van der Waals surface area contributed by atoms with Crippen LogP contribution in [-0.2, 0) is 5.41 Å². The minimum Gasteiger partial charge on any atom is -0.310 e. The van der Waals surface area contributed by atoms with E-state index < -0.39 is 5.41 Å². The van der Waals surface area contributed by atoms with Gasteiger partial charge in [-0.2, -0.15) is 0 Å². The van der Waals surface area contributed by atoms with Gasteiger partial charge in [-0.3, -0.25) is 0 Å². The highest BCUT2D eigenvalue weighted by atomic mass is 15.1. The zero-order valence-electron chi connectivity index (χ0n) is 32.2. The van der Waals surface area contributed by atoms with E-state index in [1.54, 1.807) is 0 Å². The summed E-state index contributed by atoms with van der Waals surface area (Å²) in [6.45, 7) is 0. The van der Waals surface area contributed by atoms with Crippen molar-refractivity contribution in [2.75, 3.05) is 4.90 Å². The Hall–Kier alpha value is -7.68. The highest BCUT2D eigenvalue weighted by molar-refractivity contribution is 6.29.